The standard InChI is InChI=1S/C33H52O9/c1-18-8-12-22(34)17-21(18)11-10-20-7-6-16-33(5)23(13-14-24(20)33)19(2)9-15-25(32(3,4)40)41-31-28(37)26(35)27(36)29(42-31)30(38)39/h10-11,19,22-29,31,34-37,40H,1,6-9,12-17H2,2-5H3,(H,38,39)/b20-10+,21-11-/t19-,22+,23-,24+,25-,26+,27+,28-,29+,31-,33-/m1/s1/i3D3,4D3. The Balaban J connectivity index is 1.57. The molecule has 0 radical (unpaired) electrons. The van der Waals surface area contributed by atoms with E-state index in [1.54, 1.807) is 0 Å². The number of rotatable bonds is 9. The second kappa shape index (κ2) is 13.2. The van der Waals surface area contributed by atoms with Crippen molar-refractivity contribution in [3.05, 3.63) is 35.5 Å². The monoisotopic (exact) mass is 598 g/mol. The smallest absolute Gasteiger partial charge is 0.335 e. The van der Waals surface area contributed by atoms with Crippen molar-refractivity contribution in [3.63, 3.8) is 0 Å². The molecule has 0 aromatic heterocycles. The first-order valence-electron chi connectivity index (χ1n) is 18.2. The summed E-state index contributed by atoms with van der Waals surface area (Å²) in [5.41, 5.74) is -0.0765. The molecule has 9 heteroatoms. The number of aliphatic carboxylic acids is 1. The maximum Gasteiger partial charge on any atom is 0.335 e. The summed E-state index contributed by atoms with van der Waals surface area (Å²) in [5, 5.41) is 62.0. The largest absolute Gasteiger partial charge is 0.479 e. The Bertz CT molecular complexity index is 1230. The van der Waals surface area contributed by atoms with Gasteiger partial charge in [-0.2, -0.15) is 0 Å². The summed E-state index contributed by atoms with van der Waals surface area (Å²) < 4.78 is 58.9. The fraction of sp³-hybridized carbons (Fsp3) is 0.788. The number of hydrogen-bond acceptors (Lipinski definition) is 8. The topological polar surface area (TPSA) is 157 Å². The van der Waals surface area contributed by atoms with Crippen LogP contribution in [0.2, 0.25) is 0 Å². The van der Waals surface area contributed by atoms with Crippen LogP contribution >= 0.6 is 0 Å². The Hall–Kier alpha value is -1.59. The average molecular weight is 599 g/mol. The van der Waals surface area contributed by atoms with Gasteiger partial charge in [-0.05, 0) is 107 Å². The number of fused-ring (bicyclic) bond motifs is 1. The third-order valence-electron chi connectivity index (χ3n) is 10.4. The highest BCUT2D eigenvalue weighted by molar-refractivity contribution is 5.73. The van der Waals surface area contributed by atoms with Gasteiger partial charge in [-0.15, -0.1) is 0 Å². The zero-order valence-electron chi connectivity index (χ0n) is 30.6. The van der Waals surface area contributed by atoms with E-state index in [1.165, 1.54) is 5.57 Å². The molecule has 3 aliphatic carbocycles. The first-order chi connectivity index (χ1) is 22.1. The quantitative estimate of drug-likeness (QED) is 0.233. The van der Waals surface area contributed by atoms with Crippen LogP contribution in [-0.4, -0.2) is 85.1 Å². The molecule has 9 nitrogen and oxygen atoms in total. The van der Waals surface area contributed by atoms with Crippen LogP contribution in [0.5, 0.6) is 0 Å². The molecule has 1 saturated heterocycles. The lowest BCUT2D eigenvalue weighted by Crippen LogP contribution is -2.61. The molecular weight excluding hydrogens is 540 g/mol. The van der Waals surface area contributed by atoms with Crippen LogP contribution in [0.1, 0.15) is 100.0 Å². The van der Waals surface area contributed by atoms with Gasteiger partial charge in [0.2, 0.25) is 0 Å². The van der Waals surface area contributed by atoms with Gasteiger partial charge >= 0.3 is 5.97 Å². The summed E-state index contributed by atoms with van der Waals surface area (Å²) in [7, 11) is 0. The first-order valence-corrected chi connectivity index (χ1v) is 15.2. The van der Waals surface area contributed by atoms with Crippen LogP contribution in [0, 0.1) is 23.2 Å². The summed E-state index contributed by atoms with van der Waals surface area (Å²) in [5.74, 6) is -1.30. The lowest BCUT2D eigenvalue weighted by Gasteiger charge is -2.45. The Kier molecular flexibility index (Phi) is 8.07. The Labute approximate surface area is 258 Å². The third-order valence-corrected chi connectivity index (χ3v) is 10.4. The van der Waals surface area contributed by atoms with Crippen LogP contribution < -0.4 is 0 Å². The van der Waals surface area contributed by atoms with Crippen LogP contribution in [-0.2, 0) is 14.3 Å². The van der Waals surface area contributed by atoms with Crippen molar-refractivity contribution in [2.75, 3.05) is 0 Å². The van der Waals surface area contributed by atoms with Crippen molar-refractivity contribution < 1.29 is 53.1 Å². The maximum atomic E-state index is 11.7. The predicted octanol–water partition coefficient (Wildman–Crippen LogP) is 3.62. The van der Waals surface area contributed by atoms with Crippen molar-refractivity contribution in [2.45, 2.75) is 140 Å². The van der Waals surface area contributed by atoms with Crippen LogP contribution in [0.3, 0.4) is 0 Å². The van der Waals surface area contributed by atoms with E-state index in [-0.39, 0.29) is 36.2 Å². The van der Waals surface area contributed by atoms with E-state index >= 15 is 0 Å². The molecule has 4 aliphatic rings. The van der Waals surface area contributed by atoms with Gasteiger partial charge in [-0.25, -0.2) is 4.79 Å². The third kappa shape index (κ3) is 7.04. The molecule has 238 valence electrons. The zero-order chi connectivity index (χ0) is 36.0. The van der Waals surface area contributed by atoms with Crippen LogP contribution in [0.15, 0.2) is 35.5 Å². The van der Waals surface area contributed by atoms with Gasteiger partial charge in [0, 0.05) is 8.22 Å². The Morgan fingerprint density at radius 2 is 1.88 bits per heavy atom. The highest BCUT2D eigenvalue weighted by atomic mass is 16.7. The molecule has 11 atom stereocenters. The molecule has 0 aromatic rings. The maximum absolute atomic E-state index is 11.7. The molecule has 42 heavy (non-hydrogen) atoms. The molecule has 0 bridgehead atoms. The predicted molar refractivity (Wildman–Crippen MR) is 157 cm³/mol. The number of allylic oxidation sites excluding steroid dienone is 4. The molecule has 0 unspecified atom stereocenters. The van der Waals surface area contributed by atoms with Gasteiger partial charge in [0.25, 0.3) is 0 Å². The molecule has 4 rings (SSSR count). The van der Waals surface area contributed by atoms with Gasteiger partial charge in [-0.1, -0.05) is 43.7 Å². The van der Waals surface area contributed by atoms with Crippen LogP contribution in [0.25, 0.3) is 0 Å². The van der Waals surface area contributed by atoms with Crippen molar-refractivity contribution in [1.82, 2.24) is 0 Å². The summed E-state index contributed by atoms with van der Waals surface area (Å²) in [6, 6.07) is 0. The van der Waals surface area contributed by atoms with Crippen molar-refractivity contribution >= 4 is 5.97 Å². The van der Waals surface area contributed by atoms with Gasteiger partial charge in [0.1, 0.15) is 18.3 Å². The number of carbonyl (C=O) groups is 1. The van der Waals surface area contributed by atoms with E-state index in [0.717, 1.165) is 56.1 Å². The Morgan fingerprint density at radius 3 is 2.57 bits per heavy atom. The van der Waals surface area contributed by atoms with E-state index in [2.05, 4.69) is 25.7 Å². The first kappa shape index (κ1) is 25.7. The molecule has 0 aromatic carbocycles. The summed E-state index contributed by atoms with van der Waals surface area (Å²) in [4.78, 5) is 11.7. The lowest BCUT2D eigenvalue weighted by atomic mass is 9.60. The molecule has 0 spiro atoms. The number of ether oxygens (including phenoxy) is 2. The van der Waals surface area contributed by atoms with Gasteiger partial charge in [0.15, 0.2) is 12.4 Å². The van der Waals surface area contributed by atoms with E-state index < -0.39 is 62.1 Å². The number of aliphatic hydroxyl groups excluding tert-OH is 4. The molecule has 3 saturated carbocycles. The fourth-order valence-corrected chi connectivity index (χ4v) is 7.93. The normalized spacial score (nSPS) is 43.8. The van der Waals surface area contributed by atoms with E-state index in [9.17, 15) is 35.4 Å². The van der Waals surface area contributed by atoms with Crippen molar-refractivity contribution in [3.8, 4) is 0 Å². The minimum Gasteiger partial charge on any atom is -0.479 e. The number of carboxylic acids is 1. The number of aliphatic hydroxyl groups is 5. The summed E-state index contributed by atoms with van der Waals surface area (Å²) >= 11 is 0. The SMILES string of the molecule is [2H]C([2H])([2H])C(O)([C@@H](CC[C@@H](C)[C@H]1CC[C@H]2/C(=C/C=C3/C[C@@H](O)CCC3=C)CCC[C@]12C)O[C@@H]1O[C@H](C(=O)O)[C@@H](O)[C@H](O)[C@H]1O)C([2H])([2H])[2H]. The summed E-state index contributed by atoms with van der Waals surface area (Å²) in [6.07, 6.45) is -1.65. The lowest BCUT2D eigenvalue weighted by molar-refractivity contribution is -0.315. The molecular formula is C33H52O9. The van der Waals surface area contributed by atoms with Crippen molar-refractivity contribution in [1.29, 1.82) is 0 Å². The fourth-order valence-electron chi connectivity index (χ4n) is 7.93. The number of carboxylic acid groups (broad SMARTS) is 1. The van der Waals surface area contributed by atoms with E-state index in [1.807, 2.05) is 6.92 Å². The minimum absolute atomic E-state index is 0.0779. The van der Waals surface area contributed by atoms with Crippen LogP contribution in [0.4, 0.5) is 0 Å². The average Bonchev–Trinajstić information content (AvgIpc) is 3.35. The van der Waals surface area contributed by atoms with Crippen molar-refractivity contribution in [2.24, 2.45) is 23.2 Å². The van der Waals surface area contributed by atoms with Gasteiger partial charge < -0.3 is 40.1 Å². The molecule has 1 heterocycles. The van der Waals surface area contributed by atoms with Gasteiger partial charge in [-0.3, -0.25) is 0 Å². The van der Waals surface area contributed by atoms with E-state index in [4.69, 9.17) is 17.7 Å². The molecule has 6 N–H and O–H groups in total. The molecule has 1 aliphatic heterocycles. The van der Waals surface area contributed by atoms with Gasteiger partial charge in [0.05, 0.1) is 17.8 Å². The Morgan fingerprint density at radius 1 is 1.14 bits per heavy atom. The highest BCUT2D eigenvalue weighted by Gasteiger charge is 2.51. The molecule has 0 amide bonds. The molecule has 4 fully saturated rings. The zero-order valence-corrected chi connectivity index (χ0v) is 24.6. The number of hydrogen-bond donors (Lipinski definition) is 6. The highest BCUT2D eigenvalue weighted by Crippen LogP contribution is 2.60. The van der Waals surface area contributed by atoms with E-state index in [0.29, 0.717) is 12.3 Å². The minimum atomic E-state index is -3.50. The second-order valence-electron chi connectivity index (χ2n) is 13.2. The summed E-state index contributed by atoms with van der Waals surface area (Å²) in [6.45, 7) is 1.43. The second-order valence-corrected chi connectivity index (χ2v) is 13.2.